The molecule has 132 valence electrons. The van der Waals surface area contributed by atoms with Crippen molar-refractivity contribution in [3.63, 3.8) is 0 Å². The average Bonchev–Trinajstić information content (AvgIpc) is 3.15. The van der Waals surface area contributed by atoms with Crippen LogP contribution in [0.4, 0.5) is 0 Å². The molecule has 1 aliphatic rings. The van der Waals surface area contributed by atoms with Crippen molar-refractivity contribution in [3.05, 3.63) is 54.1 Å². The number of ether oxygens (including phenoxy) is 1. The molecule has 0 spiro atoms. The summed E-state index contributed by atoms with van der Waals surface area (Å²) in [5.74, 6) is -0.127. The number of H-pyrrole nitrogens is 1. The molecule has 1 amide bonds. The Bertz CT molecular complexity index is 987. The number of amides is 1. The van der Waals surface area contributed by atoms with E-state index in [4.69, 9.17) is 16.3 Å². The zero-order valence-corrected chi connectivity index (χ0v) is 14.6. The van der Waals surface area contributed by atoms with Gasteiger partial charge in [-0.15, -0.1) is 0 Å². The van der Waals surface area contributed by atoms with Gasteiger partial charge in [-0.3, -0.25) is 4.79 Å². The molecule has 1 N–H and O–H groups in total. The van der Waals surface area contributed by atoms with Crippen LogP contribution < -0.4 is 0 Å². The first kappa shape index (κ1) is 16.7. The second-order valence-electron chi connectivity index (χ2n) is 5.92. The zero-order chi connectivity index (χ0) is 18.1. The van der Waals surface area contributed by atoms with Crippen LogP contribution in [0.25, 0.3) is 22.4 Å². The van der Waals surface area contributed by atoms with Crippen molar-refractivity contribution in [3.8, 4) is 11.3 Å². The molecule has 0 aliphatic carbocycles. The minimum absolute atomic E-state index is 0.127. The normalized spacial score (nSPS) is 17.4. The molecule has 1 atom stereocenters. The highest BCUT2D eigenvalue weighted by Gasteiger charge is 2.28. The van der Waals surface area contributed by atoms with Crippen LogP contribution in [0.15, 0.2) is 43.5 Å². The molecule has 1 aromatic carbocycles. The Morgan fingerprint density at radius 3 is 3.08 bits per heavy atom. The molecule has 1 unspecified atom stereocenters. The van der Waals surface area contributed by atoms with Crippen LogP contribution in [0, 0.1) is 0 Å². The third-order valence-corrected chi connectivity index (χ3v) is 4.61. The number of halogens is 1. The molecule has 1 fully saturated rings. The summed E-state index contributed by atoms with van der Waals surface area (Å²) in [5.41, 5.74) is 3.73. The highest BCUT2D eigenvalue weighted by molar-refractivity contribution is 6.31. The highest BCUT2D eigenvalue weighted by atomic mass is 35.5. The number of fused-ring (bicyclic) bond motifs is 1. The van der Waals surface area contributed by atoms with Crippen LogP contribution in [-0.4, -0.2) is 50.5 Å². The smallest absolute Gasteiger partial charge is 0.246 e. The summed E-state index contributed by atoms with van der Waals surface area (Å²) in [6.45, 7) is 5.01. The molecule has 7 nitrogen and oxygen atoms in total. The molecule has 8 heteroatoms. The number of hydrogen-bond donors (Lipinski definition) is 1. The molecule has 4 rings (SSSR count). The Labute approximate surface area is 154 Å². The van der Waals surface area contributed by atoms with Gasteiger partial charge in [-0.1, -0.05) is 18.2 Å². The number of aromatic nitrogens is 4. The van der Waals surface area contributed by atoms with E-state index in [2.05, 4.69) is 26.5 Å². The summed E-state index contributed by atoms with van der Waals surface area (Å²) in [7, 11) is 0. The fourth-order valence-corrected chi connectivity index (χ4v) is 3.43. The van der Waals surface area contributed by atoms with Crippen LogP contribution in [0.1, 0.15) is 11.6 Å². The molecule has 0 saturated carbocycles. The number of benzene rings is 1. The maximum atomic E-state index is 12.2. The first-order valence-corrected chi connectivity index (χ1v) is 8.51. The molecule has 1 aliphatic heterocycles. The van der Waals surface area contributed by atoms with E-state index in [0.717, 1.165) is 16.6 Å². The van der Waals surface area contributed by atoms with Gasteiger partial charge in [0.1, 0.15) is 11.8 Å². The van der Waals surface area contributed by atoms with Gasteiger partial charge in [0, 0.05) is 17.1 Å². The number of carbonyl (C=O) groups excluding carboxylic acids is 1. The lowest BCUT2D eigenvalue weighted by Gasteiger charge is -2.35. The van der Waals surface area contributed by atoms with Crippen molar-refractivity contribution < 1.29 is 9.53 Å². The first-order valence-electron chi connectivity index (χ1n) is 8.13. The van der Waals surface area contributed by atoms with Gasteiger partial charge in [-0.25, -0.2) is 15.0 Å². The second-order valence-corrected chi connectivity index (χ2v) is 6.36. The van der Waals surface area contributed by atoms with E-state index >= 15 is 0 Å². The maximum absolute atomic E-state index is 12.2. The lowest BCUT2D eigenvalue weighted by molar-refractivity contribution is -0.134. The summed E-state index contributed by atoms with van der Waals surface area (Å²) in [5, 5.41) is 0.556. The lowest BCUT2D eigenvalue weighted by Crippen LogP contribution is -2.42. The number of nitrogens with zero attached hydrogens (tertiary/aromatic N) is 4. The topological polar surface area (TPSA) is 84.0 Å². The highest BCUT2D eigenvalue weighted by Crippen LogP contribution is 2.32. The first-order chi connectivity index (χ1) is 12.7. The maximum Gasteiger partial charge on any atom is 0.246 e. The van der Waals surface area contributed by atoms with Crippen molar-refractivity contribution in [1.29, 1.82) is 0 Å². The minimum atomic E-state index is -0.231. The number of rotatable bonds is 3. The lowest BCUT2D eigenvalue weighted by atomic mass is 10.00. The molecular weight excluding hydrogens is 354 g/mol. The van der Waals surface area contributed by atoms with Gasteiger partial charge in [-0.05, 0) is 29.8 Å². The molecule has 3 aromatic rings. The quantitative estimate of drug-likeness (QED) is 0.717. The predicted molar refractivity (Wildman–Crippen MR) is 97.6 cm³/mol. The van der Waals surface area contributed by atoms with Crippen molar-refractivity contribution in [1.82, 2.24) is 24.8 Å². The van der Waals surface area contributed by atoms with E-state index < -0.39 is 0 Å². The fourth-order valence-electron chi connectivity index (χ4n) is 3.19. The minimum Gasteiger partial charge on any atom is -0.377 e. The number of morpholine rings is 1. The largest absolute Gasteiger partial charge is 0.377 e. The summed E-state index contributed by atoms with van der Waals surface area (Å²) >= 11 is 6.37. The Morgan fingerprint density at radius 2 is 2.23 bits per heavy atom. The third-order valence-electron chi connectivity index (χ3n) is 4.39. The van der Waals surface area contributed by atoms with Crippen LogP contribution in [0.2, 0.25) is 5.02 Å². The van der Waals surface area contributed by atoms with Crippen LogP contribution in [0.5, 0.6) is 0 Å². The summed E-state index contributed by atoms with van der Waals surface area (Å²) in [6.07, 6.45) is 4.37. The van der Waals surface area contributed by atoms with Crippen molar-refractivity contribution in [2.24, 2.45) is 0 Å². The molecule has 1 saturated heterocycles. The van der Waals surface area contributed by atoms with Crippen LogP contribution in [0.3, 0.4) is 0 Å². The molecule has 2 aromatic heterocycles. The van der Waals surface area contributed by atoms with Gasteiger partial charge in [0.15, 0.2) is 5.65 Å². The van der Waals surface area contributed by atoms with Gasteiger partial charge in [0.2, 0.25) is 5.91 Å². The third kappa shape index (κ3) is 2.95. The zero-order valence-electron chi connectivity index (χ0n) is 13.9. The van der Waals surface area contributed by atoms with E-state index in [1.54, 1.807) is 11.2 Å². The number of aromatic amines is 1. The predicted octanol–water partition coefficient (Wildman–Crippen LogP) is 2.76. The monoisotopic (exact) mass is 369 g/mol. The molecule has 26 heavy (non-hydrogen) atoms. The number of imidazole rings is 1. The van der Waals surface area contributed by atoms with Gasteiger partial charge in [0.05, 0.1) is 31.3 Å². The van der Waals surface area contributed by atoms with E-state index in [1.165, 1.54) is 12.4 Å². The molecule has 3 heterocycles. The molecule has 0 radical (unpaired) electrons. The molecular formula is C18H16ClN5O2. The van der Waals surface area contributed by atoms with E-state index in [9.17, 15) is 4.79 Å². The number of hydrogen-bond acceptors (Lipinski definition) is 5. The van der Waals surface area contributed by atoms with E-state index in [0.29, 0.717) is 36.1 Å². The van der Waals surface area contributed by atoms with Gasteiger partial charge in [-0.2, -0.15) is 0 Å². The van der Waals surface area contributed by atoms with Crippen molar-refractivity contribution >= 4 is 28.7 Å². The summed E-state index contributed by atoms with van der Waals surface area (Å²) in [4.78, 5) is 29.7. The summed E-state index contributed by atoms with van der Waals surface area (Å²) in [6, 6.07) is 5.42. The van der Waals surface area contributed by atoms with Crippen LogP contribution >= 0.6 is 11.6 Å². The SMILES string of the molecule is C=CC(=O)N1CCOCC1c1cc(Cl)cc(-c2ncnc3nc[nH]c23)c1. The Hall–Kier alpha value is -2.77. The van der Waals surface area contributed by atoms with E-state index in [-0.39, 0.29) is 11.9 Å². The van der Waals surface area contributed by atoms with Gasteiger partial charge < -0.3 is 14.6 Å². The van der Waals surface area contributed by atoms with Crippen molar-refractivity contribution in [2.45, 2.75) is 6.04 Å². The van der Waals surface area contributed by atoms with E-state index in [1.807, 2.05) is 18.2 Å². The van der Waals surface area contributed by atoms with Crippen molar-refractivity contribution in [2.75, 3.05) is 19.8 Å². The Morgan fingerprint density at radius 1 is 1.35 bits per heavy atom. The van der Waals surface area contributed by atoms with Gasteiger partial charge >= 0.3 is 0 Å². The Balaban J connectivity index is 1.80. The van der Waals surface area contributed by atoms with Gasteiger partial charge in [0.25, 0.3) is 0 Å². The number of nitrogens with one attached hydrogen (secondary N) is 1. The number of carbonyl (C=O) groups is 1. The standard InChI is InChI=1S/C18H16ClN5O2/c1-2-15(25)24-3-4-26-8-14(24)11-5-12(7-13(19)6-11)16-17-18(22-9-20-16)23-10-21-17/h2,5-7,9-10,14H,1,3-4,8H2,(H,20,21,22,23). The second kappa shape index (κ2) is 6.86. The molecule has 0 bridgehead atoms. The summed E-state index contributed by atoms with van der Waals surface area (Å²) < 4.78 is 5.59. The fraction of sp³-hybridized carbons (Fsp3) is 0.222. The Kier molecular flexibility index (Phi) is 4.40. The average molecular weight is 370 g/mol. The van der Waals surface area contributed by atoms with Crippen LogP contribution in [-0.2, 0) is 9.53 Å².